The molecule has 262 valence electrons. The Balaban J connectivity index is 0.000000168. The highest BCUT2D eigenvalue weighted by atomic mass is 16.5. The lowest BCUT2D eigenvalue weighted by Crippen LogP contribution is -2.69. The number of hydrogen-bond donors (Lipinski definition) is 2. The number of piperidine rings is 2. The number of methoxy groups -OCH3 is 2. The number of nitrogens with zero attached hydrogens (tertiary/aromatic N) is 2. The maximum Gasteiger partial charge on any atom is 0.336 e. The van der Waals surface area contributed by atoms with Crippen molar-refractivity contribution in [3.8, 4) is 11.5 Å². The highest BCUT2D eigenvalue weighted by molar-refractivity contribution is 6.03. The molecule has 1 aliphatic carbocycles. The molecule has 49 heavy (non-hydrogen) atoms. The third kappa shape index (κ3) is 5.25. The Bertz CT molecular complexity index is 1690. The van der Waals surface area contributed by atoms with Gasteiger partial charge in [0.1, 0.15) is 0 Å². The molecule has 0 aromatic heterocycles. The fourth-order valence-electron chi connectivity index (χ4n) is 10.3. The molecule has 2 aromatic carbocycles. The molecule has 3 saturated heterocycles. The van der Waals surface area contributed by atoms with Crippen LogP contribution in [0.5, 0.6) is 11.5 Å². The van der Waals surface area contributed by atoms with Crippen LogP contribution in [0.15, 0.2) is 42.0 Å². The number of rotatable bonds is 10. The first-order valence-electron chi connectivity index (χ1n) is 17.9. The smallest absolute Gasteiger partial charge is 0.336 e. The molecule has 8 rings (SSSR count). The van der Waals surface area contributed by atoms with Crippen LogP contribution >= 0.6 is 0 Å². The molecule has 10 heteroatoms. The van der Waals surface area contributed by atoms with Crippen LogP contribution in [0.2, 0.25) is 0 Å². The zero-order valence-corrected chi connectivity index (χ0v) is 28.9. The Kier molecular flexibility index (Phi) is 8.98. The Morgan fingerprint density at radius 2 is 1.86 bits per heavy atom. The highest BCUT2D eigenvalue weighted by Gasteiger charge is 2.71. The summed E-state index contributed by atoms with van der Waals surface area (Å²) < 4.78 is 17.6. The molecule has 4 fully saturated rings. The molecular weight excluding hydrogens is 624 g/mol. The Morgan fingerprint density at radius 3 is 2.57 bits per heavy atom. The summed E-state index contributed by atoms with van der Waals surface area (Å²) in [4.78, 5) is 40.8. The van der Waals surface area contributed by atoms with Gasteiger partial charge in [0.2, 0.25) is 5.91 Å². The van der Waals surface area contributed by atoms with Crippen molar-refractivity contribution >= 4 is 23.5 Å². The summed E-state index contributed by atoms with van der Waals surface area (Å²) in [7, 11) is 3.36. The Labute approximate surface area is 288 Å². The van der Waals surface area contributed by atoms with Gasteiger partial charge in [0.25, 0.3) is 0 Å². The molecule has 0 radical (unpaired) electrons. The second-order valence-corrected chi connectivity index (χ2v) is 14.6. The number of fused-ring (bicyclic) bond motifs is 2. The van der Waals surface area contributed by atoms with Gasteiger partial charge in [-0.2, -0.15) is 0 Å². The molecule has 1 spiro atoms. The maximum atomic E-state index is 13.5. The highest BCUT2D eigenvalue weighted by Crippen LogP contribution is 2.66. The summed E-state index contributed by atoms with van der Waals surface area (Å²) in [5, 5.41) is 18.4. The molecule has 5 aliphatic heterocycles. The Morgan fingerprint density at radius 1 is 1.08 bits per heavy atom. The van der Waals surface area contributed by atoms with Crippen LogP contribution in [0, 0.1) is 11.8 Å². The van der Waals surface area contributed by atoms with Gasteiger partial charge in [-0.05, 0) is 60.9 Å². The number of unbranched alkanes of at least 4 members (excludes halogenated alkanes) is 3. The fourth-order valence-corrected chi connectivity index (χ4v) is 10.3. The first-order valence-corrected chi connectivity index (χ1v) is 17.9. The number of carboxylic acids is 2. The molecular formula is C39H48N2O8. The van der Waals surface area contributed by atoms with Crippen LogP contribution < -0.4 is 14.4 Å². The van der Waals surface area contributed by atoms with E-state index in [1.807, 2.05) is 13.0 Å². The van der Waals surface area contributed by atoms with Crippen LogP contribution in [0.1, 0.15) is 103 Å². The molecule has 5 heterocycles. The third-order valence-corrected chi connectivity index (χ3v) is 12.4. The summed E-state index contributed by atoms with van der Waals surface area (Å²) in [6, 6.07) is 9.56. The van der Waals surface area contributed by atoms with Gasteiger partial charge in [0, 0.05) is 30.0 Å². The van der Waals surface area contributed by atoms with Crippen molar-refractivity contribution in [1.82, 2.24) is 4.90 Å². The lowest BCUT2D eigenvalue weighted by molar-refractivity contribution is -0.132. The van der Waals surface area contributed by atoms with Crippen molar-refractivity contribution in [3.05, 3.63) is 64.2 Å². The molecule has 2 aromatic rings. The normalized spacial score (nSPS) is 29.2. The third-order valence-electron chi connectivity index (χ3n) is 12.4. The summed E-state index contributed by atoms with van der Waals surface area (Å²) in [6.07, 6.45) is 10.5. The molecule has 2 bridgehead atoms. The second kappa shape index (κ2) is 13.1. The van der Waals surface area contributed by atoms with E-state index in [9.17, 15) is 19.5 Å². The zero-order chi connectivity index (χ0) is 34.6. The predicted molar refractivity (Wildman–Crippen MR) is 184 cm³/mol. The number of anilines is 1. The van der Waals surface area contributed by atoms with E-state index in [1.165, 1.54) is 24.5 Å². The molecule has 1 amide bonds. The SMILES string of the molecule is CCCCCC[C@@H](C)c1cccc(C(=O)O)c1C(=O)O.COc1cc2c(cc1OC)[C@@]13CCN4CC5=CCO[C@H]6CC(=O)N2[C@H]1[C@H]6[C@H]5C[C@H]43. The number of carboxylic acid groups (broad SMARTS) is 2. The van der Waals surface area contributed by atoms with Gasteiger partial charge in [0.15, 0.2) is 11.5 Å². The van der Waals surface area contributed by atoms with Crippen molar-refractivity contribution in [1.29, 1.82) is 0 Å². The van der Waals surface area contributed by atoms with E-state index in [2.05, 4.69) is 28.9 Å². The Hall–Kier alpha value is -3.89. The van der Waals surface area contributed by atoms with Crippen molar-refractivity contribution < 1.29 is 38.8 Å². The average molecular weight is 673 g/mol. The maximum absolute atomic E-state index is 13.5. The lowest BCUT2D eigenvalue weighted by Gasteiger charge is -2.58. The topological polar surface area (TPSA) is 126 Å². The number of amides is 1. The number of carbonyl (C=O) groups is 3. The van der Waals surface area contributed by atoms with Gasteiger partial charge in [-0.3, -0.25) is 9.69 Å². The zero-order valence-electron chi connectivity index (χ0n) is 28.9. The molecule has 2 N–H and O–H groups in total. The van der Waals surface area contributed by atoms with E-state index in [0.717, 1.165) is 56.6 Å². The van der Waals surface area contributed by atoms with Crippen molar-refractivity contribution in [3.63, 3.8) is 0 Å². The number of aromatic carboxylic acids is 2. The van der Waals surface area contributed by atoms with Crippen molar-refractivity contribution in [2.45, 2.75) is 94.7 Å². The van der Waals surface area contributed by atoms with Crippen LogP contribution in [-0.4, -0.2) is 85.1 Å². The molecule has 1 saturated carbocycles. The van der Waals surface area contributed by atoms with Crippen molar-refractivity contribution in [2.24, 2.45) is 11.8 Å². The minimum absolute atomic E-state index is 0.0242. The second-order valence-electron chi connectivity index (χ2n) is 14.6. The van der Waals surface area contributed by atoms with E-state index in [0.29, 0.717) is 42.2 Å². The number of benzene rings is 2. The van der Waals surface area contributed by atoms with Gasteiger partial charge < -0.3 is 29.3 Å². The van der Waals surface area contributed by atoms with Gasteiger partial charge in [0.05, 0.1) is 56.2 Å². The lowest BCUT2D eigenvalue weighted by atomic mass is 9.53. The van der Waals surface area contributed by atoms with E-state index in [1.54, 1.807) is 31.9 Å². The summed E-state index contributed by atoms with van der Waals surface area (Å²) in [5.41, 5.74) is 4.28. The standard InChI is InChI=1S/C23H26N2O4.C16H22O4/c1-27-16-8-14-15(9-17(16)28-2)25-20(26)10-18-21-13-7-19-23(14,22(21)25)4-5-24(19)11-12(13)3-6-29-18;1-3-4-5-6-8-11(2)12-9-7-10-13(15(17)18)14(12)16(19)20/h3,8-9,13,18-19,21-22H,4-7,10-11H2,1-2H3;7,9-11H,3-6,8H2,1-2H3,(H,17,18)(H,19,20)/t13-,18-,19-,21-,22-,23+;11-/m01/s1. The number of hydrogen-bond acceptors (Lipinski definition) is 7. The monoisotopic (exact) mass is 672 g/mol. The summed E-state index contributed by atoms with van der Waals surface area (Å²) >= 11 is 0. The largest absolute Gasteiger partial charge is 0.493 e. The quantitative estimate of drug-likeness (QED) is 0.222. The van der Waals surface area contributed by atoms with Crippen LogP contribution in [0.4, 0.5) is 5.69 Å². The van der Waals surface area contributed by atoms with Gasteiger partial charge in [-0.1, -0.05) is 63.3 Å². The first kappa shape index (κ1) is 33.6. The molecule has 0 unspecified atom stereocenters. The van der Waals surface area contributed by atoms with Crippen LogP contribution in [0.3, 0.4) is 0 Å². The molecule has 7 atom stereocenters. The fraction of sp³-hybridized carbons (Fsp3) is 0.564. The minimum atomic E-state index is -1.19. The van der Waals surface area contributed by atoms with E-state index >= 15 is 0 Å². The summed E-state index contributed by atoms with van der Waals surface area (Å²) in [5.74, 6) is 0.267. The van der Waals surface area contributed by atoms with Gasteiger partial charge in [-0.25, -0.2) is 9.59 Å². The van der Waals surface area contributed by atoms with E-state index in [-0.39, 0.29) is 40.5 Å². The molecule has 10 nitrogen and oxygen atoms in total. The number of ether oxygens (including phenoxy) is 3. The molecule has 6 aliphatic rings. The number of carbonyl (C=O) groups excluding carboxylic acids is 1. The van der Waals surface area contributed by atoms with E-state index < -0.39 is 11.9 Å². The minimum Gasteiger partial charge on any atom is -0.493 e. The predicted octanol–water partition coefficient (Wildman–Crippen LogP) is 6.27. The van der Waals surface area contributed by atoms with Gasteiger partial charge >= 0.3 is 11.9 Å². The van der Waals surface area contributed by atoms with Crippen LogP contribution in [0.25, 0.3) is 0 Å². The van der Waals surface area contributed by atoms with E-state index in [4.69, 9.17) is 19.3 Å². The van der Waals surface area contributed by atoms with Gasteiger partial charge in [-0.15, -0.1) is 0 Å². The van der Waals surface area contributed by atoms with Crippen molar-refractivity contribution in [2.75, 3.05) is 38.8 Å². The summed E-state index contributed by atoms with van der Waals surface area (Å²) in [6.45, 7) is 6.90. The van der Waals surface area contributed by atoms with Crippen LogP contribution in [-0.2, 0) is 14.9 Å². The first-order chi connectivity index (χ1) is 23.7. The average Bonchev–Trinajstić information content (AvgIpc) is 3.56.